The van der Waals surface area contributed by atoms with Gasteiger partial charge in [0.05, 0.1) is 37.4 Å². The van der Waals surface area contributed by atoms with Crippen LogP contribution >= 0.6 is 0 Å². The molecule has 1 N–H and O–H groups in total. The zero-order valence-electron chi connectivity index (χ0n) is 21.0. The van der Waals surface area contributed by atoms with Crippen LogP contribution in [0.3, 0.4) is 0 Å². The van der Waals surface area contributed by atoms with Crippen molar-refractivity contribution in [1.82, 2.24) is 0 Å². The lowest BCUT2D eigenvalue weighted by atomic mass is 9.51. The Hall–Kier alpha value is -2.53. The molecule has 10 nitrogen and oxygen atoms in total. The van der Waals surface area contributed by atoms with Gasteiger partial charge in [0.25, 0.3) is 0 Å². The highest BCUT2D eigenvalue weighted by Crippen LogP contribution is 2.72. The molecule has 0 radical (unpaired) electrons. The topological polar surface area (TPSA) is 133 Å². The molecule has 0 unspecified atom stereocenters. The van der Waals surface area contributed by atoms with Gasteiger partial charge in [-0.1, -0.05) is 25.2 Å². The van der Waals surface area contributed by atoms with Crippen LogP contribution < -0.4 is 0 Å². The summed E-state index contributed by atoms with van der Waals surface area (Å²) in [5.41, 5.74) is -2.01. The van der Waals surface area contributed by atoms with Crippen LogP contribution in [-0.2, 0) is 42.8 Å². The maximum atomic E-state index is 13.1. The fraction of sp³-hybridized carbons (Fsp3) is 0.667. The third kappa shape index (κ3) is 3.64. The van der Waals surface area contributed by atoms with Gasteiger partial charge in [0.15, 0.2) is 6.10 Å². The predicted octanol–water partition coefficient (Wildman–Crippen LogP) is 1.30. The van der Waals surface area contributed by atoms with Crippen LogP contribution in [-0.4, -0.2) is 85.1 Å². The van der Waals surface area contributed by atoms with Gasteiger partial charge in [0.2, 0.25) is 0 Å². The van der Waals surface area contributed by atoms with Crippen molar-refractivity contribution >= 4 is 17.9 Å². The highest BCUT2D eigenvalue weighted by Gasteiger charge is 2.83. The average Bonchev–Trinajstić information content (AvgIpc) is 3.78. The van der Waals surface area contributed by atoms with Crippen molar-refractivity contribution in [3.8, 4) is 0 Å². The van der Waals surface area contributed by atoms with Crippen molar-refractivity contribution in [3.05, 3.63) is 36.0 Å². The Morgan fingerprint density at radius 1 is 1.00 bits per heavy atom. The molecule has 8 atom stereocenters. The second kappa shape index (κ2) is 8.49. The summed E-state index contributed by atoms with van der Waals surface area (Å²) < 4.78 is 35.5. The minimum atomic E-state index is -0.773. The molecule has 37 heavy (non-hydrogen) atoms. The van der Waals surface area contributed by atoms with E-state index in [0.717, 1.165) is 5.57 Å². The van der Waals surface area contributed by atoms with E-state index in [1.54, 1.807) is 6.92 Å². The van der Waals surface area contributed by atoms with E-state index < -0.39 is 58.3 Å². The largest absolute Gasteiger partial charge is 0.463 e. The van der Waals surface area contributed by atoms with Crippen molar-refractivity contribution in [2.24, 2.45) is 10.8 Å². The quantitative estimate of drug-likeness (QED) is 0.235. The molecule has 10 heteroatoms. The first kappa shape index (κ1) is 24.8. The molecule has 6 rings (SSSR count). The number of aliphatic hydroxyl groups excluding tert-OH is 1. The summed E-state index contributed by atoms with van der Waals surface area (Å²) >= 11 is 0. The van der Waals surface area contributed by atoms with Crippen molar-refractivity contribution in [1.29, 1.82) is 0 Å². The molecule has 0 amide bonds. The van der Waals surface area contributed by atoms with Gasteiger partial charge in [0.1, 0.15) is 23.9 Å². The number of ether oxygens (including phenoxy) is 6. The van der Waals surface area contributed by atoms with Crippen molar-refractivity contribution in [2.75, 3.05) is 26.4 Å². The number of esters is 3. The number of fused-ring (bicyclic) bond motifs is 1. The van der Waals surface area contributed by atoms with Gasteiger partial charge in [-0.15, -0.1) is 0 Å². The summed E-state index contributed by atoms with van der Waals surface area (Å²) in [4.78, 5) is 37.9. The summed E-state index contributed by atoms with van der Waals surface area (Å²) in [5.74, 6) is -1.61. The standard InChI is InChI=1S/C27H32O10/c1-24-9-10-32-20(29)5-3-4-6-21(30)36-17-12-19-27(15-34-27)25(17,2)26(14-33-23(31)22(24)37-24)8-7-16(13-28)11-18(26)35-19/h3-6,11,17-19,22,28H,7-10,12-15H2,1-2H3/b5-3+,6-4-/t17-,18-,19-,22-,24-,25-,26-,27+/m1/s1. The Bertz CT molecular complexity index is 1100. The van der Waals surface area contributed by atoms with Crippen LogP contribution in [0.5, 0.6) is 0 Å². The molecule has 4 heterocycles. The molecular weight excluding hydrogens is 484 g/mol. The highest BCUT2D eigenvalue weighted by molar-refractivity contribution is 5.84. The number of allylic oxidation sites excluding steroid dienone is 2. The molecule has 200 valence electrons. The summed E-state index contributed by atoms with van der Waals surface area (Å²) in [7, 11) is 0. The second-order valence-electron chi connectivity index (χ2n) is 11.3. The monoisotopic (exact) mass is 516 g/mol. The van der Waals surface area contributed by atoms with Gasteiger partial charge in [-0.2, -0.15) is 0 Å². The molecule has 2 spiro atoms. The fourth-order valence-electron chi connectivity index (χ4n) is 7.03. The number of hydrogen-bond donors (Lipinski definition) is 1. The Labute approximate surface area is 214 Å². The van der Waals surface area contributed by atoms with E-state index in [2.05, 4.69) is 6.92 Å². The lowest BCUT2D eigenvalue weighted by Gasteiger charge is -2.58. The van der Waals surface area contributed by atoms with Crippen LogP contribution in [0.1, 0.15) is 39.5 Å². The van der Waals surface area contributed by atoms with Crippen LogP contribution in [0.4, 0.5) is 0 Å². The van der Waals surface area contributed by atoms with Crippen LogP contribution in [0.2, 0.25) is 0 Å². The molecule has 1 saturated carbocycles. The molecular formula is C27H32O10. The van der Waals surface area contributed by atoms with Gasteiger partial charge in [-0.05, 0) is 25.3 Å². The van der Waals surface area contributed by atoms with E-state index in [-0.39, 0.29) is 25.9 Å². The first-order chi connectivity index (χ1) is 17.7. The lowest BCUT2D eigenvalue weighted by Crippen LogP contribution is -2.67. The maximum absolute atomic E-state index is 13.1. The fourth-order valence-corrected chi connectivity index (χ4v) is 7.03. The van der Waals surface area contributed by atoms with Crippen LogP contribution in [0.25, 0.3) is 0 Å². The van der Waals surface area contributed by atoms with Crippen molar-refractivity contribution < 1.29 is 47.9 Å². The molecule has 2 bridgehead atoms. The van der Waals surface area contributed by atoms with E-state index in [1.165, 1.54) is 24.3 Å². The zero-order valence-corrected chi connectivity index (χ0v) is 21.0. The van der Waals surface area contributed by atoms with E-state index in [0.29, 0.717) is 32.3 Å². The molecule has 6 aliphatic rings. The SMILES string of the molecule is C[C@@]12[C@H]3C[C@@H](O[C@@H]4C=C(CO)CC[C@@]41COC(=O)[C@H]1O[C@]1(C)CCOC(=O)/C=C/C=C\C(=O)O3)[C@@]21CO1. The third-order valence-electron chi connectivity index (χ3n) is 9.55. The Balaban J connectivity index is 1.37. The zero-order chi connectivity index (χ0) is 26.1. The smallest absolute Gasteiger partial charge is 0.338 e. The summed E-state index contributed by atoms with van der Waals surface area (Å²) in [6.45, 7) is 4.33. The number of carbonyl (C=O) groups excluding carboxylic acids is 3. The molecule has 0 aromatic heterocycles. The molecule has 4 aliphatic heterocycles. The molecule has 2 aliphatic carbocycles. The normalized spacial score (nSPS) is 48.7. The summed E-state index contributed by atoms with van der Waals surface area (Å²) in [6.07, 6.45) is 7.15. The molecule has 4 fully saturated rings. The number of carbonyl (C=O) groups is 3. The molecule has 0 aromatic rings. The van der Waals surface area contributed by atoms with E-state index >= 15 is 0 Å². The summed E-state index contributed by atoms with van der Waals surface area (Å²) in [6, 6.07) is 0. The van der Waals surface area contributed by atoms with E-state index in [1.807, 2.05) is 6.08 Å². The second-order valence-corrected chi connectivity index (χ2v) is 11.3. The number of epoxide rings is 2. The Morgan fingerprint density at radius 3 is 2.49 bits per heavy atom. The van der Waals surface area contributed by atoms with Crippen molar-refractivity contribution in [3.63, 3.8) is 0 Å². The van der Waals surface area contributed by atoms with E-state index in [4.69, 9.17) is 28.4 Å². The number of cyclic esters (lactones) is 2. The van der Waals surface area contributed by atoms with Crippen LogP contribution in [0, 0.1) is 10.8 Å². The number of rotatable bonds is 1. The van der Waals surface area contributed by atoms with Gasteiger partial charge in [-0.3, -0.25) is 0 Å². The highest BCUT2D eigenvalue weighted by atomic mass is 16.7. The lowest BCUT2D eigenvalue weighted by molar-refractivity contribution is -0.233. The average molecular weight is 517 g/mol. The first-order valence-electron chi connectivity index (χ1n) is 12.8. The maximum Gasteiger partial charge on any atom is 0.338 e. The minimum Gasteiger partial charge on any atom is -0.463 e. The van der Waals surface area contributed by atoms with Crippen LogP contribution in [0.15, 0.2) is 36.0 Å². The van der Waals surface area contributed by atoms with Gasteiger partial charge in [0, 0.05) is 30.4 Å². The molecule has 3 saturated heterocycles. The molecule has 0 aromatic carbocycles. The Morgan fingerprint density at radius 2 is 1.76 bits per heavy atom. The number of aliphatic hydroxyl groups is 1. The van der Waals surface area contributed by atoms with Crippen molar-refractivity contribution in [2.45, 2.75) is 75.1 Å². The number of hydrogen-bond acceptors (Lipinski definition) is 10. The first-order valence-corrected chi connectivity index (χ1v) is 12.8. The Kier molecular flexibility index (Phi) is 5.69. The predicted molar refractivity (Wildman–Crippen MR) is 125 cm³/mol. The van der Waals surface area contributed by atoms with Gasteiger partial charge in [-0.25, -0.2) is 14.4 Å². The van der Waals surface area contributed by atoms with Gasteiger partial charge < -0.3 is 33.5 Å². The van der Waals surface area contributed by atoms with E-state index in [9.17, 15) is 19.5 Å². The minimum absolute atomic E-state index is 0.0254. The van der Waals surface area contributed by atoms with Gasteiger partial charge >= 0.3 is 17.9 Å². The summed E-state index contributed by atoms with van der Waals surface area (Å²) in [5, 5.41) is 9.83. The third-order valence-corrected chi connectivity index (χ3v) is 9.55.